The Balaban J connectivity index is 2.37. The lowest BCUT2D eigenvalue weighted by atomic mass is 9.95. The third kappa shape index (κ3) is 2.68. The molecular weight excluding hydrogens is 226 g/mol. The Morgan fingerprint density at radius 3 is 2.78 bits per heavy atom. The number of hydrogen-bond acceptors (Lipinski definition) is 3. The smallest absolute Gasteiger partial charge is 0.110 e. The van der Waals surface area contributed by atoms with E-state index in [0.717, 1.165) is 22.2 Å². The van der Waals surface area contributed by atoms with Crippen LogP contribution in [0.5, 0.6) is 0 Å². The lowest BCUT2D eigenvalue weighted by molar-refractivity contribution is -0.0342. The van der Waals surface area contributed by atoms with Crippen molar-refractivity contribution in [2.24, 2.45) is 0 Å². The molecule has 1 aromatic heterocycles. The third-order valence-electron chi connectivity index (χ3n) is 3.04. The molecule has 0 radical (unpaired) electrons. The maximum Gasteiger partial charge on any atom is 0.110 e. The number of aliphatic hydroxyl groups is 1. The van der Waals surface area contributed by atoms with Crippen molar-refractivity contribution in [3.8, 4) is 0 Å². The molecule has 0 spiro atoms. The van der Waals surface area contributed by atoms with Crippen molar-refractivity contribution >= 4 is 10.9 Å². The van der Waals surface area contributed by atoms with E-state index < -0.39 is 5.60 Å². The van der Waals surface area contributed by atoms with Gasteiger partial charge in [-0.1, -0.05) is 12.1 Å². The fraction of sp³-hybridized carbons (Fsp3) is 0.400. The van der Waals surface area contributed by atoms with E-state index in [1.54, 1.807) is 6.92 Å². The van der Waals surface area contributed by atoms with Crippen molar-refractivity contribution in [1.82, 2.24) is 4.98 Å². The summed E-state index contributed by atoms with van der Waals surface area (Å²) in [4.78, 5) is 4.45. The summed E-state index contributed by atoms with van der Waals surface area (Å²) in [6.07, 6.45) is 0. The summed E-state index contributed by atoms with van der Waals surface area (Å²) in [7, 11) is 0. The monoisotopic (exact) mass is 245 g/mol. The van der Waals surface area contributed by atoms with Gasteiger partial charge < -0.3 is 9.84 Å². The first-order valence-electron chi connectivity index (χ1n) is 6.21. The normalized spacial score (nSPS) is 14.7. The van der Waals surface area contributed by atoms with Crippen LogP contribution in [0.25, 0.3) is 10.9 Å². The number of hydrogen-bond donors (Lipinski definition) is 1. The highest BCUT2D eigenvalue weighted by Gasteiger charge is 2.23. The lowest BCUT2D eigenvalue weighted by Gasteiger charge is -2.23. The summed E-state index contributed by atoms with van der Waals surface area (Å²) in [5.74, 6) is 0. The molecule has 0 saturated carbocycles. The zero-order chi connectivity index (χ0) is 13.2. The molecule has 1 atom stereocenters. The zero-order valence-corrected chi connectivity index (χ0v) is 11.1. The van der Waals surface area contributed by atoms with Gasteiger partial charge in [0.15, 0.2) is 0 Å². The Morgan fingerprint density at radius 1 is 1.28 bits per heavy atom. The third-order valence-corrected chi connectivity index (χ3v) is 3.04. The highest BCUT2D eigenvalue weighted by Crippen LogP contribution is 2.24. The molecule has 0 aliphatic carbocycles. The number of rotatable bonds is 4. The van der Waals surface area contributed by atoms with Gasteiger partial charge in [0.25, 0.3) is 0 Å². The van der Waals surface area contributed by atoms with Crippen LogP contribution in [0.1, 0.15) is 25.1 Å². The van der Waals surface area contributed by atoms with Gasteiger partial charge in [-0.15, -0.1) is 0 Å². The molecule has 18 heavy (non-hydrogen) atoms. The standard InChI is InChI=1S/C15H19NO2/c1-4-18-10-15(3,17)13-7-8-14-12(9-13)6-5-11(2)16-14/h5-9,17H,4,10H2,1-3H3. The van der Waals surface area contributed by atoms with Gasteiger partial charge in [0.1, 0.15) is 5.60 Å². The molecular formula is C15H19NO2. The topological polar surface area (TPSA) is 42.4 Å². The lowest BCUT2D eigenvalue weighted by Crippen LogP contribution is -2.27. The van der Waals surface area contributed by atoms with Crippen LogP contribution in [0, 0.1) is 6.92 Å². The highest BCUT2D eigenvalue weighted by molar-refractivity contribution is 5.79. The van der Waals surface area contributed by atoms with E-state index in [1.165, 1.54) is 0 Å². The molecule has 1 aromatic carbocycles. The predicted octanol–water partition coefficient (Wildman–Crippen LogP) is 2.79. The molecule has 96 valence electrons. The van der Waals surface area contributed by atoms with E-state index in [1.807, 2.05) is 44.2 Å². The molecule has 1 N–H and O–H groups in total. The summed E-state index contributed by atoms with van der Waals surface area (Å²) < 4.78 is 5.32. The van der Waals surface area contributed by atoms with E-state index in [4.69, 9.17) is 4.74 Å². The number of aromatic nitrogens is 1. The zero-order valence-electron chi connectivity index (χ0n) is 11.1. The summed E-state index contributed by atoms with van der Waals surface area (Å²) in [6.45, 7) is 6.56. The fourth-order valence-corrected chi connectivity index (χ4v) is 1.95. The average Bonchev–Trinajstić information content (AvgIpc) is 2.35. The molecule has 3 nitrogen and oxygen atoms in total. The van der Waals surface area contributed by atoms with Crippen LogP contribution < -0.4 is 0 Å². The summed E-state index contributed by atoms with van der Waals surface area (Å²) in [5.41, 5.74) is 1.84. The van der Waals surface area contributed by atoms with E-state index in [2.05, 4.69) is 4.98 Å². The number of pyridine rings is 1. The van der Waals surface area contributed by atoms with E-state index in [0.29, 0.717) is 13.2 Å². The van der Waals surface area contributed by atoms with Gasteiger partial charge in [-0.2, -0.15) is 0 Å². The Kier molecular flexibility index (Phi) is 3.64. The Bertz CT molecular complexity index is 549. The molecule has 0 fully saturated rings. The van der Waals surface area contributed by atoms with Crippen LogP contribution in [0.15, 0.2) is 30.3 Å². The molecule has 0 amide bonds. The second-order valence-electron chi connectivity index (χ2n) is 4.77. The first kappa shape index (κ1) is 13.0. The van der Waals surface area contributed by atoms with Crippen molar-refractivity contribution in [3.05, 3.63) is 41.6 Å². The van der Waals surface area contributed by atoms with Gasteiger partial charge in [-0.05, 0) is 44.5 Å². The summed E-state index contributed by atoms with van der Waals surface area (Å²) >= 11 is 0. The SMILES string of the molecule is CCOCC(C)(O)c1ccc2nc(C)ccc2c1. The summed E-state index contributed by atoms with van der Waals surface area (Å²) in [6, 6.07) is 9.83. The molecule has 1 unspecified atom stereocenters. The van der Waals surface area contributed by atoms with Crippen LogP contribution in [0.4, 0.5) is 0 Å². The van der Waals surface area contributed by atoms with E-state index in [-0.39, 0.29) is 0 Å². The van der Waals surface area contributed by atoms with Gasteiger partial charge in [0.2, 0.25) is 0 Å². The second-order valence-corrected chi connectivity index (χ2v) is 4.77. The molecule has 0 aliphatic rings. The molecule has 1 heterocycles. The molecule has 0 aliphatic heterocycles. The maximum atomic E-state index is 10.4. The van der Waals surface area contributed by atoms with Gasteiger partial charge in [-0.25, -0.2) is 0 Å². The van der Waals surface area contributed by atoms with Crippen LogP contribution in [-0.2, 0) is 10.3 Å². The van der Waals surface area contributed by atoms with Crippen molar-refractivity contribution in [2.45, 2.75) is 26.4 Å². The van der Waals surface area contributed by atoms with Crippen LogP contribution in [0.3, 0.4) is 0 Å². The minimum absolute atomic E-state index is 0.300. The Hall–Kier alpha value is -1.45. The van der Waals surface area contributed by atoms with Crippen molar-refractivity contribution in [3.63, 3.8) is 0 Å². The van der Waals surface area contributed by atoms with Gasteiger partial charge in [0.05, 0.1) is 12.1 Å². The quantitative estimate of drug-likeness (QED) is 0.900. The van der Waals surface area contributed by atoms with E-state index >= 15 is 0 Å². The molecule has 3 heteroatoms. The Morgan fingerprint density at radius 2 is 2.06 bits per heavy atom. The molecule has 2 rings (SSSR count). The fourth-order valence-electron chi connectivity index (χ4n) is 1.95. The minimum Gasteiger partial charge on any atom is -0.383 e. The summed E-state index contributed by atoms with van der Waals surface area (Å²) in [5, 5.41) is 11.4. The van der Waals surface area contributed by atoms with Crippen molar-refractivity contribution in [1.29, 1.82) is 0 Å². The number of fused-ring (bicyclic) bond motifs is 1. The first-order chi connectivity index (χ1) is 8.53. The largest absolute Gasteiger partial charge is 0.383 e. The molecule has 0 saturated heterocycles. The Labute approximate surface area is 107 Å². The van der Waals surface area contributed by atoms with Crippen LogP contribution in [-0.4, -0.2) is 23.3 Å². The highest BCUT2D eigenvalue weighted by atomic mass is 16.5. The van der Waals surface area contributed by atoms with Gasteiger partial charge in [0, 0.05) is 17.7 Å². The predicted molar refractivity (Wildman–Crippen MR) is 72.5 cm³/mol. The number of benzene rings is 1. The van der Waals surface area contributed by atoms with Gasteiger partial charge >= 0.3 is 0 Å². The van der Waals surface area contributed by atoms with Crippen LogP contribution >= 0.6 is 0 Å². The maximum absolute atomic E-state index is 10.4. The van der Waals surface area contributed by atoms with Crippen molar-refractivity contribution in [2.75, 3.05) is 13.2 Å². The number of aryl methyl sites for hydroxylation is 1. The number of ether oxygens (including phenoxy) is 1. The first-order valence-corrected chi connectivity index (χ1v) is 6.21. The van der Waals surface area contributed by atoms with E-state index in [9.17, 15) is 5.11 Å². The van der Waals surface area contributed by atoms with Crippen molar-refractivity contribution < 1.29 is 9.84 Å². The molecule has 0 bridgehead atoms. The van der Waals surface area contributed by atoms with Gasteiger partial charge in [-0.3, -0.25) is 4.98 Å². The average molecular weight is 245 g/mol. The molecule has 2 aromatic rings. The number of nitrogens with zero attached hydrogens (tertiary/aromatic N) is 1. The second kappa shape index (κ2) is 5.04. The minimum atomic E-state index is -0.963. The van der Waals surface area contributed by atoms with Crippen LogP contribution in [0.2, 0.25) is 0 Å².